The average molecular weight is 456 g/mol. The van der Waals surface area contributed by atoms with Gasteiger partial charge in [-0.1, -0.05) is 0 Å². The molecular weight excluding hydrogens is 453 g/mol. The Kier molecular flexibility index (Phi) is 6.02. The fourth-order valence-corrected chi connectivity index (χ4v) is 1.34. The number of carbonyl (C=O) groups is 1. The first-order chi connectivity index (χ1) is 11.8. The van der Waals surface area contributed by atoms with E-state index in [1.54, 1.807) is 0 Å². The van der Waals surface area contributed by atoms with Gasteiger partial charge in [-0.2, -0.15) is 65.9 Å². The molecule has 0 saturated carbocycles. The molecule has 28 heavy (non-hydrogen) atoms. The van der Waals surface area contributed by atoms with Gasteiger partial charge in [-0.05, 0) is 0 Å². The summed E-state index contributed by atoms with van der Waals surface area (Å²) < 4.78 is 191. The Morgan fingerprint density at radius 2 is 0.821 bits per heavy atom. The van der Waals surface area contributed by atoms with Crippen molar-refractivity contribution >= 4 is 5.97 Å². The van der Waals surface area contributed by atoms with E-state index < -0.39 is 59.5 Å². The number of aliphatic hydroxyl groups is 1. The number of alkyl halides is 15. The Bertz CT molecular complexity index is 645. The normalized spacial score (nSPS) is 16.3. The van der Waals surface area contributed by atoms with Crippen LogP contribution in [0.25, 0.3) is 0 Å². The third kappa shape index (κ3) is 3.29. The van der Waals surface area contributed by atoms with Gasteiger partial charge in [0.05, 0.1) is 6.08 Å². The Hall–Kier alpha value is -2.04. The maximum Gasteiger partial charge on any atom is 0.460 e. The molecule has 0 atom stereocenters. The molecule has 0 rings (SSSR count). The summed E-state index contributed by atoms with van der Waals surface area (Å²) in [5.41, 5.74) is 0. The van der Waals surface area contributed by atoms with Gasteiger partial charge < -0.3 is 10.2 Å². The summed E-state index contributed by atoms with van der Waals surface area (Å²) in [6.45, 7) is 0. The molecule has 0 heterocycles. The Morgan fingerprint density at radius 1 is 0.536 bits per heavy atom. The maximum absolute atomic E-state index is 13.2. The lowest BCUT2D eigenvalue weighted by Gasteiger charge is -2.41. The standard InChI is InChI=1S/C10H3F15O3/c11-4(12,2(26)1-3(27)28)5(13,14)6(15,16)7(17,18)8(19,20)9(21,22)10(23,24)25/h1,26H,(H,27,28). The van der Waals surface area contributed by atoms with Gasteiger partial charge in [0.1, 0.15) is 0 Å². The molecule has 0 aliphatic rings. The summed E-state index contributed by atoms with van der Waals surface area (Å²) in [4.78, 5) is 9.94. The largest absolute Gasteiger partial charge is 0.506 e. The molecule has 18 heteroatoms. The molecule has 0 aromatic rings. The molecule has 166 valence electrons. The highest BCUT2D eigenvalue weighted by Gasteiger charge is 2.93. The van der Waals surface area contributed by atoms with Gasteiger partial charge in [0.15, 0.2) is 5.76 Å². The number of allylic oxidation sites excluding steroid dienone is 1. The molecule has 0 aliphatic heterocycles. The summed E-state index contributed by atoms with van der Waals surface area (Å²) in [5, 5.41) is 16.3. The van der Waals surface area contributed by atoms with Gasteiger partial charge in [-0.15, -0.1) is 0 Å². The first kappa shape index (κ1) is 26.0. The second-order valence-corrected chi connectivity index (χ2v) is 4.81. The van der Waals surface area contributed by atoms with Crippen LogP contribution in [0.3, 0.4) is 0 Å². The average Bonchev–Trinajstić information content (AvgIpc) is 2.43. The molecule has 3 nitrogen and oxygen atoms in total. The van der Waals surface area contributed by atoms with Crippen molar-refractivity contribution in [2.24, 2.45) is 0 Å². The number of aliphatic hydroxyl groups excluding tert-OH is 1. The van der Waals surface area contributed by atoms with Crippen molar-refractivity contribution in [1.29, 1.82) is 0 Å². The maximum atomic E-state index is 13.2. The molecule has 0 spiro atoms. The second-order valence-electron chi connectivity index (χ2n) is 4.81. The van der Waals surface area contributed by atoms with Gasteiger partial charge >= 0.3 is 47.7 Å². The van der Waals surface area contributed by atoms with Crippen LogP contribution in [0.2, 0.25) is 0 Å². The number of carboxylic acids is 1. The van der Waals surface area contributed by atoms with Crippen molar-refractivity contribution in [3.05, 3.63) is 11.8 Å². The molecule has 0 aromatic carbocycles. The molecule has 0 bridgehead atoms. The van der Waals surface area contributed by atoms with Crippen LogP contribution in [0.5, 0.6) is 0 Å². The molecule has 0 radical (unpaired) electrons. The van der Waals surface area contributed by atoms with Crippen molar-refractivity contribution in [3.63, 3.8) is 0 Å². The fraction of sp³-hybridized carbons (Fsp3) is 0.700. The summed E-state index contributed by atoms with van der Waals surface area (Å²) in [6, 6.07) is 0. The van der Waals surface area contributed by atoms with Crippen LogP contribution in [0.4, 0.5) is 65.9 Å². The van der Waals surface area contributed by atoms with E-state index in [1.165, 1.54) is 0 Å². The predicted octanol–water partition coefficient (Wildman–Crippen LogP) is 4.89. The first-order valence-electron chi connectivity index (χ1n) is 5.81. The lowest BCUT2D eigenvalue weighted by atomic mass is 9.90. The number of halogens is 15. The Labute approximate surface area is 142 Å². The summed E-state index contributed by atoms with van der Waals surface area (Å²) in [6.07, 6.45) is -9.11. The highest BCUT2D eigenvalue weighted by molar-refractivity contribution is 5.80. The van der Waals surface area contributed by atoms with E-state index in [1.807, 2.05) is 0 Å². The zero-order valence-corrected chi connectivity index (χ0v) is 12.0. The number of carboxylic acid groups (broad SMARTS) is 1. The first-order valence-corrected chi connectivity index (χ1v) is 5.81. The Morgan fingerprint density at radius 3 is 1.11 bits per heavy atom. The lowest BCUT2D eigenvalue weighted by Crippen LogP contribution is -2.72. The van der Waals surface area contributed by atoms with Crippen LogP contribution >= 0.6 is 0 Å². The van der Waals surface area contributed by atoms with E-state index in [0.717, 1.165) is 0 Å². The van der Waals surface area contributed by atoms with Gasteiger partial charge in [0.25, 0.3) is 0 Å². The van der Waals surface area contributed by atoms with E-state index >= 15 is 0 Å². The van der Waals surface area contributed by atoms with Crippen LogP contribution in [-0.2, 0) is 4.79 Å². The lowest BCUT2D eigenvalue weighted by molar-refractivity contribution is -0.451. The van der Waals surface area contributed by atoms with Crippen LogP contribution in [0, 0.1) is 0 Å². The van der Waals surface area contributed by atoms with Crippen LogP contribution < -0.4 is 0 Å². The third-order valence-electron chi connectivity index (χ3n) is 2.91. The molecule has 0 unspecified atom stereocenters. The van der Waals surface area contributed by atoms with E-state index in [4.69, 9.17) is 10.2 Å². The molecule has 0 aliphatic carbocycles. The SMILES string of the molecule is O=C(O)C=C(O)C(F)(F)C(F)(F)C(F)(F)C(F)(F)C(F)(F)C(F)(F)C(F)(F)F. The summed E-state index contributed by atoms with van der Waals surface area (Å²) in [7, 11) is 0. The summed E-state index contributed by atoms with van der Waals surface area (Å²) in [5.74, 6) is -55.0. The minimum Gasteiger partial charge on any atom is -0.506 e. The van der Waals surface area contributed by atoms with Crippen molar-refractivity contribution in [1.82, 2.24) is 0 Å². The van der Waals surface area contributed by atoms with E-state index in [9.17, 15) is 70.7 Å². The minimum absolute atomic E-state index is 1.38. The monoisotopic (exact) mass is 456 g/mol. The predicted molar refractivity (Wildman–Crippen MR) is 54.1 cm³/mol. The molecular formula is C10H3F15O3. The van der Waals surface area contributed by atoms with Crippen LogP contribution in [0.15, 0.2) is 11.8 Å². The van der Waals surface area contributed by atoms with E-state index in [0.29, 0.717) is 0 Å². The highest BCUT2D eigenvalue weighted by atomic mass is 19.4. The van der Waals surface area contributed by atoms with Gasteiger partial charge in [-0.3, -0.25) is 0 Å². The zero-order valence-electron chi connectivity index (χ0n) is 12.0. The van der Waals surface area contributed by atoms with Crippen LogP contribution in [0.1, 0.15) is 0 Å². The smallest absolute Gasteiger partial charge is 0.460 e. The third-order valence-corrected chi connectivity index (χ3v) is 2.91. The van der Waals surface area contributed by atoms with Gasteiger partial charge in [-0.25, -0.2) is 4.79 Å². The van der Waals surface area contributed by atoms with Crippen molar-refractivity contribution < 1.29 is 80.9 Å². The second kappa shape index (κ2) is 6.50. The quantitative estimate of drug-likeness (QED) is 0.326. The van der Waals surface area contributed by atoms with Gasteiger partial charge in [0.2, 0.25) is 0 Å². The Balaban J connectivity index is 6.67. The van der Waals surface area contributed by atoms with E-state index in [2.05, 4.69) is 0 Å². The fourth-order valence-electron chi connectivity index (χ4n) is 1.34. The van der Waals surface area contributed by atoms with Crippen LogP contribution in [-0.4, -0.2) is 57.9 Å². The number of hydrogen-bond acceptors (Lipinski definition) is 2. The zero-order chi connectivity index (χ0) is 23.4. The number of hydrogen-bond donors (Lipinski definition) is 2. The molecule has 0 fully saturated rings. The van der Waals surface area contributed by atoms with E-state index in [-0.39, 0.29) is 0 Å². The molecule has 0 aromatic heterocycles. The topological polar surface area (TPSA) is 57.5 Å². The van der Waals surface area contributed by atoms with Crippen molar-refractivity contribution in [2.45, 2.75) is 41.7 Å². The highest BCUT2D eigenvalue weighted by Crippen LogP contribution is 2.62. The number of rotatable bonds is 7. The molecule has 0 saturated heterocycles. The summed E-state index contributed by atoms with van der Waals surface area (Å²) >= 11 is 0. The molecule has 0 amide bonds. The van der Waals surface area contributed by atoms with Crippen molar-refractivity contribution in [3.8, 4) is 0 Å². The number of aliphatic carboxylic acids is 1. The minimum atomic E-state index is -8.50. The molecule has 2 N–H and O–H groups in total. The van der Waals surface area contributed by atoms with Crippen molar-refractivity contribution in [2.75, 3.05) is 0 Å². The van der Waals surface area contributed by atoms with Gasteiger partial charge in [0, 0.05) is 0 Å².